The Labute approximate surface area is 340 Å². The van der Waals surface area contributed by atoms with Crippen LogP contribution in [0.5, 0.6) is 5.75 Å². The van der Waals surface area contributed by atoms with Crippen molar-refractivity contribution in [3.63, 3.8) is 0 Å². The van der Waals surface area contributed by atoms with E-state index in [-0.39, 0.29) is 41.9 Å². The van der Waals surface area contributed by atoms with Crippen LogP contribution in [0.4, 0.5) is 33.3 Å². The standard InChI is InChI=1S/C41H44F5N9O5/c1-51(25-15-17-53(18-16-25)30-6-4-7-31-36(30)52(2)40(59)55(31)32-13-14-35(56)49-38(32)58)21-23-9-11-26(12-10-23)54-22-24-19-29(33(60-39(42)43)20-28(24)50-54)48-37(57)27-5-3-8-34(47-27)41(44,45)46/h3-8,19-20,22-23,25-26,32,39H,9-18,21H2,1-2H3,(H,48,57)(H,49,56,58). The van der Waals surface area contributed by atoms with Crippen molar-refractivity contribution in [1.82, 2.24) is 34.1 Å². The summed E-state index contributed by atoms with van der Waals surface area (Å²) in [6, 6.07) is 11.0. The number of nitrogens with one attached hydrogen (secondary N) is 2. The maximum absolute atomic E-state index is 13.4. The van der Waals surface area contributed by atoms with Gasteiger partial charge in [-0.1, -0.05) is 12.1 Å². The van der Waals surface area contributed by atoms with Crippen LogP contribution in [0, 0.1) is 5.92 Å². The summed E-state index contributed by atoms with van der Waals surface area (Å²) in [6.45, 7) is -0.715. The van der Waals surface area contributed by atoms with Gasteiger partial charge in [0.1, 0.15) is 17.4 Å². The molecule has 8 rings (SSSR count). The zero-order valence-electron chi connectivity index (χ0n) is 32.9. The van der Waals surface area contributed by atoms with Crippen LogP contribution >= 0.6 is 0 Å². The molecule has 14 nitrogen and oxygen atoms in total. The number of benzene rings is 2. The van der Waals surface area contributed by atoms with Crippen molar-refractivity contribution in [1.29, 1.82) is 0 Å². The smallest absolute Gasteiger partial charge is 0.433 e. The number of aryl methyl sites for hydroxylation is 1. The number of amides is 3. The van der Waals surface area contributed by atoms with Gasteiger partial charge in [0, 0.05) is 56.8 Å². The number of anilines is 2. The van der Waals surface area contributed by atoms with Crippen molar-refractivity contribution in [2.75, 3.05) is 36.9 Å². The van der Waals surface area contributed by atoms with E-state index in [0.29, 0.717) is 28.4 Å². The second-order valence-electron chi connectivity index (χ2n) is 15.9. The second kappa shape index (κ2) is 16.3. The third kappa shape index (κ3) is 8.18. The van der Waals surface area contributed by atoms with Crippen LogP contribution in [-0.2, 0) is 22.8 Å². The normalized spacial score (nSPS) is 20.7. The molecule has 2 aromatic carbocycles. The van der Waals surface area contributed by atoms with Crippen LogP contribution in [0.15, 0.2) is 59.5 Å². The zero-order chi connectivity index (χ0) is 42.5. The highest BCUT2D eigenvalue weighted by atomic mass is 19.4. The Morgan fingerprint density at radius 1 is 1.00 bits per heavy atom. The third-order valence-electron chi connectivity index (χ3n) is 12.1. The van der Waals surface area contributed by atoms with E-state index < -0.39 is 42.0 Å². The molecule has 2 N–H and O–H groups in total. The molecule has 5 heterocycles. The highest BCUT2D eigenvalue weighted by Gasteiger charge is 2.35. The fraction of sp³-hybridized carbons (Fsp3) is 0.463. The van der Waals surface area contributed by atoms with E-state index in [0.717, 1.165) is 87.6 Å². The first-order chi connectivity index (χ1) is 28.6. The zero-order valence-corrected chi connectivity index (χ0v) is 32.9. The molecule has 1 unspecified atom stereocenters. The molecular weight excluding hydrogens is 793 g/mol. The number of halogens is 5. The van der Waals surface area contributed by atoms with Gasteiger partial charge in [0.05, 0.1) is 34.0 Å². The summed E-state index contributed by atoms with van der Waals surface area (Å²) in [7, 11) is 3.88. The number of ether oxygens (including phenoxy) is 1. The monoisotopic (exact) mass is 837 g/mol. The number of piperidine rings is 2. The minimum atomic E-state index is -4.78. The summed E-state index contributed by atoms with van der Waals surface area (Å²) in [6.07, 6.45) is 2.90. The molecular formula is C41H44F5N9O5. The Kier molecular flexibility index (Phi) is 11.1. The molecule has 1 atom stereocenters. The molecule has 0 radical (unpaired) electrons. The van der Waals surface area contributed by atoms with Gasteiger partial charge in [0.25, 0.3) is 5.91 Å². The molecule has 5 aromatic rings. The van der Waals surface area contributed by atoms with E-state index in [4.69, 9.17) is 0 Å². The minimum Gasteiger partial charge on any atom is -0.433 e. The number of alkyl halides is 5. The maximum Gasteiger partial charge on any atom is 0.433 e. The summed E-state index contributed by atoms with van der Waals surface area (Å²) in [5, 5.41) is 9.92. The van der Waals surface area contributed by atoms with Crippen molar-refractivity contribution in [2.24, 2.45) is 13.0 Å². The molecule has 3 aliphatic rings. The second-order valence-corrected chi connectivity index (χ2v) is 15.9. The largest absolute Gasteiger partial charge is 0.433 e. The maximum atomic E-state index is 13.4. The molecule has 3 aromatic heterocycles. The van der Waals surface area contributed by atoms with Crippen molar-refractivity contribution in [3.8, 4) is 5.75 Å². The predicted molar refractivity (Wildman–Crippen MR) is 211 cm³/mol. The van der Waals surface area contributed by atoms with Crippen LogP contribution in [0.3, 0.4) is 0 Å². The Hall–Kier alpha value is -5.85. The molecule has 1 saturated carbocycles. The van der Waals surface area contributed by atoms with E-state index in [1.54, 1.807) is 17.8 Å². The first-order valence-corrected chi connectivity index (χ1v) is 20.0. The summed E-state index contributed by atoms with van der Waals surface area (Å²) in [4.78, 5) is 58.9. The molecule has 2 aliphatic heterocycles. The number of imidazole rings is 1. The van der Waals surface area contributed by atoms with Crippen LogP contribution < -0.4 is 26.0 Å². The number of carbonyl (C=O) groups is 3. The Balaban J connectivity index is 0.880. The molecule has 60 heavy (non-hydrogen) atoms. The van der Waals surface area contributed by atoms with Crippen LogP contribution in [0.1, 0.15) is 79.6 Å². The van der Waals surface area contributed by atoms with Gasteiger partial charge in [-0.3, -0.25) is 33.5 Å². The molecule has 0 spiro atoms. The molecule has 0 bridgehead atoms. The van der Waals surface area contributed by atoms with Crippen molar-refractivity contribution >= 4 is 51.0 Å². The van der Waals surface area contributed by atoms with Gasteiger partial charge in [-0.15, -0.1) is 0 Å². The lowest BCUT2D eigenvalue weighted by atomic mass is 9.85. The lowest BCUT2D eigenvalue weighted by molar-refractivity contribution is -0.141. The van der Waals surface area contributed by atoms with Gasteiger partial charge in [0.15, 0.2) is 5.75 Å². The van der Waals surface area contributed by atoms with Gasteiger partial charge in [-0.05, 0) is 88.2 Å². The fourth-order valence-electron chi connectivity index (χ4n) is 9.05. The number of pyridine rings is 1. The highest BCUT2D eigenvalue weighted by molar-refractivity contribution is 6.05. The topological polar surface area (TPSA) is 149 Å². The molecule has 318 valence electrons. The fourth-order valence-corrected chi connectivity index (χ4v) is 9.05. The quantitative estimate of drug-likeness (QED) is 0.123. The summed E-state index contributed by atoms with van der Waals surface area (Å²) in [5.74, 6) is -1.74. The SMILES string of the molecule is CN(CC1CCC(n2cc3cc(NC(=O)c4cccc(C(F)(F)F)n4)c(OC(F)F)cc3n2)CC1)C1CCN(c2cccc3c2n(C)c(=O)n3C2CCC(=O)NC2=O)CC1. The van der Waals surface area contributed by atoms with Gasteiger partial charge in [0.2, 0.25) is 11.8 Å². The minimum absolute atomic E-state index is 0.0533. The predicted octanol–water partition coefficient (Wildman–Crippen LogP) is 6.27. The molecule has 1 aliphatic carbocycles. The summed E-state index contributed by atoms with van der Waals surface area (Å²) >= 11 is 0. The van der Waals surface area contributed by atoms with Gasteiger partial charge in [-0.25, -0.2) is 9.78 Å². The Morgan fingerprint density at radius 3 is 2.43 bits per heavy atom. The summed E-state index contributed by atoms with van der Waals surface area (Å²) in [5.41, 5.74) is 0.480. The van der Waals surface area contributed by atoms with Crippen LogP contribution in [0.2, 0.25) is 0 Å². The van der Waals surface area contributed by atoms with E-state index in [2.05, 4.69) is 42.3 Å². The Bertz CT molecular complexity index is 2500. The number of hydrogen-bond acceptors (Lipinski definition) is 9. The van der Waals surface area contributed by atoms with Crippen LogP contribution in [-0.4, -0.2) is 85.9 Å². The van der Waals surface area contributed by atoms with Crippen LogP contribution in [0.25, 0.3) is 21.9 Å². The van der Waals surface area contributed by atoms with E-state index in [1.165, 1.54) is 16.7 Å². The molecule has 2 saturated heterocycles. The first kappa shape index (κ1) is 40.9. The number of aromatic nitrogens is 5. The highest BCUT2D eigenvalue weighted by Crippen LogP contribution is 2.37. The average Bonchev–Trinajstić information content (AvgIpc) is 3.74. The number of carbonyl (C=O) groups excluding carboxylic acids is 3. The lowest BCUT2D eigenvalue weighted by Crippen LogP contribution is -2.45. The van der Waals surface area contributed by atoms with Crippen molar-refractivity contribution < 1.29 is 41.1 Å². The van der Waals surface area contributed by atoms with Crippen molar-refractivity contribution in [3.05, 3.63) is 76.6 Å². The first-order valence-electron chi connectivity index (χ1n) is 20.0. The van der Waals surface area contributed by atoms with E-state index in [1.807, 2.05) is 22.9 Å². The summed E-state index contributed by atoms with van der Waals surface area (Å²) < 4.78 is 75.9. The van der Waals surface area contributed by atoms with E-state index >= 15 is 0 Å². The van der Waals surface area contributed by atoms with E-state index in [9.17, 15) is 41.1 Å². The third-order valence-corrected chi connectivity index (χ3v) is 12.1. The number of imide groups is 1. The van der Waals surface area contributed by atoms with Crippen molar-refractivity contribution in [2.45, 2.75) is 82.3 Å². The number of rotatable bonds is 10. The number of para-hydroxylation sites is 1. The number of fused-ring (bicyclic) bond motifs is 2. The average molecular weight is 838 g/mol. The van der Waals surface area contributed by atoms with Gasteiger partial charge < -0.3 is 19.9 Å². The number of nitrogens with zero attached hydrogens (tertiary/aromatic N) is 7. The lowest BCUT2D eigenvalue weighted by Gasteiger charge is -2.40. The molecule has 19 heteroatoms. The molecule has 3 amide bonds. The van der Waals surface area contributed by atoms with Gasteiger partial charge in [-0.2, -0.15) is 27.1 Å². The van der Waals surface area contributed by atoms with Gasteiger partial charge >= 0.3 is 18.5 Å². The number of hydrogen-bond donors (Lipinski definition) is 2. The molecule has 3 fully saturated rings. The Morgan fingerprint density at radius 2 is 1.73 bits per heavy atom.